The number of hydrogen-bond donors (Lipinski definition) is 1. The number of carbonyl (C=O) groups is 2. The molecule has 0 fully saturated rings. The molecule has 11 heavy (non-hydrogen) atoms. The fraction of sp³-hybridized carbons (Fsp3) is 0. The monoisotopic (exact) mass is 280 g/mol. The molecule has 0 aliphatic carbocycles. The van der Waals surface area contributed by atoms with E-state index < -0.39 is 36.7 Å². The first-order chi connectivity index (χ1) is 4.57. The maximum absolute atomic E-state index is 9.96. The summed E-state index contributed by atoms with van der Waals surface area (Å²) >= 11 is -1.96. The number of halogens is 1. The van der Waals surface area contributed by atoms with E-state index in [0.29, 0.717) is 6.08 Å². The molecule has 0 aliphatic rings. The smallest absolute Gasteiger partial charge is 0.544 e. The van der Waals surface area contributed by atoms with E-state index in [9.17, 15) is 17.8 Å². The van der Waals surface area contributed by atoms with Gasteiger partial charge in [0.15, 0.2) is 21.2 Å². The normalized spacial score (nSPS) is 10.0. The van der Waals surface area contributed by atoms with Crippen LogP contribution >= 0.6 is 21.2 Å². The molecule has 0 aliphatic heterocycles. The van der Waals surface area contributed by atoms with Gasteiger partial charge in [-0.1, -0.05) is 0 Å². The Morgan fingerprint density at radius 2 is 1.91 bits per heavy atom. The van der Waals surface area contributed by atoms with Crippen LogP contribution in [0.15, 0.2) is 9.66 Å². The predicted octanol–water partition coefficient (Wildman–Crippen LogP) is -3.97. The average molecular weight is 280 g/mol. The summed E-state index contributed by atoms with van der Waals surface area (Å²) in [5.74, 6) is -3.13. The molecule has 0 amide bonds. The third kappa shape index (κ3) is 6.60. The summed E-state index contributed by atoms with van der Waals surface area (Å²) in [6.45, 7) is 0. The molecule has 0 atom stereocenters. The molecule has 0 saturated heterocycles. The van der Waals surface area contributed by atoms with Gasteiger partial charge in [-0.3, -0.25) is 3.07 Å². The van der Waals surface area contributed by atoms with E-state index in [1.807, 2.05) is 0 Å². The summed E-state index contributed by atoms with van der Waals surface area (Å²) in [6, 6.07) is 0. The Hall–Kier alpha value is 0.210. The Kier molecular flexibility index (Phi) is 8.63. The first-order valence-corrected chi connectivity index (χ1v) is 3.97. The van der Waals surface area contributed by atoms with Crippen LogP contribution in [0, 0.1) is 0 Å². The number of aliphatic carboxylic acids is 2. The van der Waals surface area contributed by atoms with Crippen molar-refractivity contribution in [2.24, 2.45) is 0 Å². The molecule has 0 aromatic rings. The second-order valence-electron chi connectivity index (χ2n) is 1.20. The number of carbonyl (C=O) groups excluding carboxylic acids is 1. The zero-order chi connectivity index (χ0) is 8.15. The Morgan fingerprint density at radius 3 is 2.00 bits per heavy atom. The van der Waals surface area contributed by atoms with E-state index in [-0.39, 0.29) is 29.6 Å². The minimum atomic E-state index is -1.96. The van der Waals surface area contributed by atoms with E-state index >= 15 is 0 Å². The summed E-state index contributed by atoms with van der Waals surface area (Å²) in [6.07, 6.45) is 0.371. The van der Waals surface area contributed by atoms with Crippen molar-refractivity contribution in [3.8, 4) is 0 Å². The van der Waals surface area contributed by atoms with E-state index in [2.05, 4.69) is 0 Å². The van der Waals surface area contributed by atoms with Crippen molar-refractivity contribution in [3.63, 3.8) is 0 Å². The molecule has 0 aromatic carbocycles. The summed E-state index contributed by atoms with van der Waals surface area (Å²) in [4.78, 5) is 19.6. The van der Waals surface area contributed by atoms with Crippen LogP contribution in [-0.4, -0.2) is 17.0 Å². The third-order valence-corrected chi connectivity index (χ3v) is 1.75. The SMILES string of the molecule is O=I/C(=C\C(=O)O)C(=O)[O-].[Na+]. The van der Waals surface area contributed by atoms with E-state index in [1.165, 1.54) is 0 Å². The van der Waals surface area contributed by atoms with Crippen LogP contribution in [0.25, 0.3) is 0 Å². The van der Waals surface area contributed by atoms with Crippen LogP contribution in [-0.2, 0) is 12.7 Å². The molecular formula is C4H2INaO5. The molecule has 56 valence electrons. The van der Waals surface area contributed by atoms with Gasteiger partial charge in [0.05, 0.1) is 9.55 Å². The van der Waals surface area contributed by atoms with Crippen molar-refractivity contribution in [1.82, 2.24) is 0 Å². The maximum Gasteiger partial charge on any atom is 1.00 e. The van der Waals surface area contributed by atoms with Crippen LogP contribution in [0.4, 0.5) is 0 Å². The predicted molar refractivity (Wildman–Crippen MR) is 35.4 cm³/mol. The average Bonchev–Trinajstić information content (AvgIpc) is 1.81. The topological polar surface area (TPSA) is 94.5 Å². The van der Waals surface area contributed by atoms with Gasteiger partial charge in [-0.25, -0.2) is 4.79 Å². The van der Waals surface area contributed by atoms with Gasteiger partial charge in [-0.15, -0.1) is 0 Å². The van der Waals surface area contributed by atoms with Crippen molar-refractivity contribution in [2.45, 2.75) is 0 Å². The first-order valence-electron chi connectivity index (χ1n) is 2.01. The molecule has 7 heteroatoms. The maximum atomic E-state index is 9.96. The van der Waals surface area contributed by atoms with Gasteiger partial charge in [0.25, 0.3) is 0 Å². The quantitative estimate of drug-likeness (QED) is 0.323. The summed E-state index contributed by atoms with van der Waals surface area (Å²) in [5, 5.41) is 17.8. The molecule has 0 aromatic heterocycles. The Labute approximate surface area is 94.4 Å². The molecule has 0 unspecified atom stereocenters. The molecule has 1 N–H and O–H groups in total. The fourth-order valence-corrected chi connectivity index (χ4v) is 0.794. The molecular weight excluding hydrogens is 278 g/mol. The van der Waals surface area contributed by atoms with Crippen LogP contribution in [0.1, 0.15) is 0 Å². The van der Waals surface area contributed by atoms with Crippen LogP contribution in [0.2, 0.25) is 0 Å². The molecule has 0 radical (unpaired) electrons. The molecule has 5 nitrogen and oxygen atoms in total. The molecule has 0 rings (SSSR count). The third-order valence-electron chi connectivity index (χ3n) is 0.528. The Bertz CT molecular complexity index is 211. The van der Waals surface area contributed by atoms with Gasteiger partial charge >= 0.3 is 35.5 Å². The minimum Gasteiger partial charge on any atom is -0.544 e. The minimum absolute atomic E-state index is 0. The van der Waals surface area contributed by atoms with Crippen LogP contribution in [0.5, 0.6) is 0 Å². The van der Waals surface area contributed by atoms with Gasteiger partial charge in [0, 0.05) is 6.08 Å². The zero-order valence-electron chi connectivity index (χ0n) is 5.54. The van der Waals surface area contributed by atoms with Crippen molar-refractivity contribution in [2.75, 3.05) is 0 Å². The number of rotatable bonds is 3. The van der Waals surface area contributed by atoms with Gasteiger partial charge in [0.1, 0.15) is 0 Å². The van der Waals surface area contributed by atoms with Crippen molar-refractivity contribution >= 4 is 33.1 Å². The summed E-state index contributed by atoms with van der Waals surface area (Å²) in [5.41, 5.74) is 0. The molecule has 0 bridgehead atoms. The second kappa shape index (κ2) is 6.89. The zero-order valence-corrected chi connectivity index (χ0v) is 9.69. The van der Waals surface area contributed by atoms with E-state index in [4.69, 9.17) is 5.11 Å². The Morgan fingerprint density at radius 1 is 1.45 bits per heavy atom. The van der Waals surface area contributed by atoms with E-state index in [1.54, 1.807) is 0 Å². The largest absolute Gasteiger partial charge is 1.00 e. The van der Waals surface area contributed by atoms with Gasteiger partial charge in [0.2, 0.25) is 0 Å². The number of hydrogen-bond acceptors (Lipinski definition) is 4. The van der Waals surface area contributed by atoms with Gasteiger partial charge in [-0.05, 0) is 0 Å². The van der Waals surface area contributed by atoms with Crippen molar-refractivity contribution in [1.29, 1.82) is 0 Å². The fourth-order valence-electron chi connectivity index (χ4n) is 0.221. The standard InChI is InChI=1S/C4H3IO5.Na/c6-3(7)1-2(5-10)4(8)9;/h1H,(H,6,7)(H,8,9);/q;+1/p-1/b2-1-;. The number of carboxylic acids is 2. The van der Waals surface area contributed by atoms with Crippen molar-refractivity contribution < 1.29 is 52.4 Å². The Balaban J connectivity index is 0. The number of carboxylic acid groups (broad SMARTS) is 2. The summed E-state index contributed by atoms with van der Waals surface area (Å²) in [7, 11) is 0. The van der Waals surface area contributed by atoms with Crippen LogP contribution in [0.3, 0.4) is 0 Å². The molecule has 0 saturated carbocycles. The molecule has 0 spiro atoms. The van der Waals surface area contributed by atoms with Crippen LogP contribution < -0.4 is 34.7 Å². The molecule has 0 heterocycles. The van der Waals surface area contributed by atoms with E-state index in [0.717, 1.165) is 0 Å². The van der Waals surface area contributed by atoms with Crippen molar-refractivity contribution in [3.05, 3.63) is 9.66 Å². The summed E-state index contributed by atoms with van der Waals surface area (Å²) < 4.78 is 9.32. The first kappa shape index (κ1) is 13.8. The van der Waals surface area contributed by atoms with Gasteiger partial charge < -0.3 is 15.0 Å². The van der Waals surface area contributed by atoms with Gasteiger partial charge in [-0.2, -0.15) is 0 Å². The second-order valence-corrected chi connectivity index (χ2v) is 2.80.